The first-order chi connectivity index (χ1) is 14.7. The molecule has 5 rings (SSSR count). The number of fused-ring (bicyclic) bond motifs is 2. The number of oxazole rings is 1. The Hall–Kier alpha value is -3.93. The van der Waals surface area contributed by atoms with Crippen LogP contribution in [0.3, 0.4) is 0 Å². The molecule has 0 bridgehead atoms. The maximum Gasteiger partial charge on any atom is 0.227 e. The molecule has 5 aromatic rings. The average Bonchev–Trinajstić information content (AvgIpc) is 3.43. The van der Waals surface area contributed by atoms with Gasteiger partial charge in [0.25, 0.3) is 0 Å². The van der Waals surface area contributed by atoms with Crippen LogP contribution in [0, 0.1) is 0 Å². The summed E-state index contributed by atoms with van der Waals surface area (Å²) in [5.74, 6) is 2.29. The number of hydrogen-bond donors (Lipinski definition) is 1. The summed E-state index contributed by atoms with van der Waals surface area (Å²) < 4.78 is 22.7. The Balaban J connectivity index is 1.67. The highest BCUT2D eigenvalue weighted by Gasteiger charge is 2.18. The van der Waals surface area contributed by atoms with E-state index in [0.717, 1.165) is 33.1 Å². The van der Waals surface area contributed by atoms with Gasteiger partial charge in [-0.1, -0.05) is 18.2 Å². The van der Waals surface area contributed by atoms with Gasteiger partial charge in [-0.05, 0) is 47.3 Å². The zero-order valence-corrected chi connectivity index (χ0v) is 16.9. The van der Waals surface area contributed by atoms with Crippen molar-refractivity contribution < 1.29 is 18.6 Å². The predicted octanol–water partition coefficient (Wildman–Crippen LogP) is 5.67. The fraction of sp³-hybridized carbons (Fsp3) is 0.125. The van der Waals surface area contributed by atoms with Crippen LogP contribution in [0.25, 0.3) is 44.6 Å². The quantitative estimate of drug-likeness (QED) is 0.412. The van der Waals surface area contributed by atoms with Gasteiger partial charge in [-0.25, -0.2) is 4.98 Å². The van der Waals surface area contributed by atoms with E-state index in [1.807, 2.05) is 54.7 Å². The van der Waals surface area contributed by atoms with Crippen molar-refractivity contribution in [1.29, 1.82) is 0 Å². The SMILES string of the molecule is COc1cc(-c2cccc3nc(-c4ccc5cc[nH]c5c4)oc23)cc(OC)c1OC. The molecule has 30 heavy (non-hydrogen) atoms. The summed E-state index contributed by atoms with van der Waals surface area (Å²) in [7, 11) is 4.79. The molecule has 0 aliphatic carbocycles. The van der Waals surface area contributed by atoms with E-state index in [1.54, 1.807) is 21.3 Å². The number of hydrogen-bond acceptors (Lipinski definition) is 5. The van der Waals surface area contributed by atoms with Gasteiger partial charge in [-0.3, -0.25) is 0 Å². The van der Waals surface area contributed by atoms with Crippen LogP contribution in [0.5, 0.6) is 17.2 Å². The van der Waals surface area contributed by atoms with E-state index in [2.05, 4.69) is 11.1 Å². The fourth-order valence-corrected chi connectivity index (χ4v) is 3.72. The van der Waals surface area contributed by atoms with Crippen molar-refractivity contribution in [3.63, 3.8) is 0 Å². The van der Waals surface area contributed by atoms with Gasteiger partial charge in [0, 0.05) is 22.8 Å². The first kappa shape index (κ1) is 18.1. The van der Waals surface area contributed by atoms with E-state index >= 15 is 0 Å². The number of ether oxygens (including phenoxy) is 3. The monoisotopic (exact) mass is 400 g/mol. The molecule has 0 unspecified atom stereocenters. The molecule has 3 aromatic carbocycles. The van der Waals surface area contributed by atoms with Crippen molar-refractivity contribution in [1.82, 2.24) is 9.97 Å². The van der Waals surface area contributed by atoms with E-state index in [4.69, 9.17) is 23.6 Å². The van der Waals surface area contributed by atoms with Crippen molar-refractivity contribution in [3.05, 3.63) is 60.8 Å². The highest BCUT2D eigenvalue weighted by atomic mass is 16.5. The summed E-state index contributed by atoms with van der Waals surface area (Å²) in [5, 5.41) is 1.15. The number of aromatic amines is 1. The van der Waals surface area contributed by atoms with Crippen LogP contribution in [0.4, 0.5) is 0 Å². The lowest BCUT2D eigenvalue weighted by molar-refractivity contribution is 0.324. The number of para-hydroxylation sites is 1. The average molecular weight is 400 g/mol. The zero-order valence-electron chi connectivity index (χ0n) is 16.9. The maximum absolute atomic E-state index is 6.23. The highest BCUT2D eigenvalue weighted by Crippen LogP contribution is 2.43. The molecule has 6 nitrogen and oxygen atoms in total. The van der Waals surface area contributed by atoms with Gasteiger partial charge in [0.05, 0.1) is 21.3 Å². The van der Waals surface area contributed by atoms with Gasteiger partial charge in [-0.15, -0.1) is 0 Å². The minimum atomic E-state index is 0.549. The van der Waals surface area contributed by atoms with Crippen molar-refractivity contribution in [3.8, 4) is 39.8 Å². The molecular formula is C24H20N2O4. The Morgan fingerprint density at radius 3 is 2.37 bits per heavy atom. The first-order valence-electron chi connectivity index (χ1n) is 9.49. The largest absolute Gasteiger partial charge is 0.493 e. The van der Waals surface area contributed by atoms with Crippen LogP contribution < -0.4 is 14.2 Å². The van der Waals surface area contributed by atoms with Crippen LogP contribution in [0.15, 0.2) is 65.2 Å². The number of aromatic nitrogens is 2. The third kappa shape index (κ3) is 2.85. The molecule has 6 heteroatoms. The van der Waals surface area contributed by atoms with Gasteiger partial charge in [0.15, 0.2) is 17.1 Å². The fourth-order valence-electron chi connectivity index (χ4n) is 3.72. The molecule has 0 saturated heterocycles. The minimum Gasteiger partial charge on any atom is -0.493 e. The predicted molar refractivity (Wildman–Crippen MR) is 116 cm³/mol. The van der Waals surface area contributed by atoms with E-state index in [9.17, 15) is 0 Å². The number of methoxy groups -OCH3 is 3. The third-order valence-electron chi connectivity index (χ3n) is 5.19. The van der Waals surface area contributed by atoms with Crippen LogP contribution >= 0.6 is 0 Å². The summed E-state index contributed by atoms with van der Waals surface area (Å²) in [6, 6.07) is 17.8. The number of rotatable bonds is 5. The Morgan fingerprint density at radius 2 is 1.63 bits per heavy atom. The minimum absolute atomic E-state index is 0.549. The van der Waals surface area contributed by atoms with Gasteiger partial charge in [0.1, 0.15) is 5.52 Å². The molecule has 0 radical (unpaired) electrons. The molecule has 0 fully saturated rings. The molecule has 0 saturated carbocycles. The van der Waals surface area contributed by atoms with Gasteiger partial charge >= 0.3 is 0 Å². The highest BCUT2D eigenvalue weighted by molar-refractivity contribution is 5.93. The summed E-state index contributed by atoms with van der Waals surface area (Å²) in [6.45, 7) is 0. The number of nitrogens with zero attached hydrogens (tertiary/aromatic N) is 1. The van der Waals surface area contributed by atoms with Crippen LogP contribution in [0.1, 0.15) is 0 Å². The van der Waals surface area contributed by atoms with Gasteiger partial charge in [0.2, 0.25) is 11.6 Å². The summed E-state index contributed by atoms with van der Waals surface area (Å²) in [6.07, 6.45) is 1.92. The van der Waals surface area contributed by atoms with Gasteiger partial charge < -0.3 is 23.6 Å². The van der Waals surface area contributed by atoms with Crippen LogP contribution in [-0.4, -0.2) is 31.3 Å². The van der Waals surface area contributed by atoms with E-state index in [1.165, 1.54) is 0 Å². The summed E-state index contributed by atoms with van der Waals surface area (Å²) >= 11 is 0. The van der Waals surface area contributed by atoms with Crippen molar-refractivity contribution in [2.45, 2.75) is 0 Å². The topological polar surface area (TPSA) is 69.5 Å². The van der Waals surface area contributed by atoms with Crippen LogP contribution in [-0.2, 0) is 0 Å². The molecule has 0 aliphatic rings. The lowest BCUT2D eigenvalue weighted by Gasteiger charge is -2.14. The molecule has 0 aliphatic heterocycles. The molecule has 0 spiro atoms. The second kappa shape index (κ2) is 7.15. The molecule has 150 valence electrons. The summed E-state index contributed by atoms with van der Waals surface area (Å²) in [5.41, 5.74) is 5.22. The number of H-pyrrole nitrogens is 1. The first-order valence-corrected chi connectivity index (χ1v) is 9.49. The van der Waals surface area contributed by atoms with Crippen molar-refractivity contribution in [2.24, 2.45) is 0 Å². The van der Waals surface area contributed by atoms with Crippen molar-refractivity contribution >= 4 is 22.0 Å². The Morgan fingerprint density at radius 1 is 0.833 bits per heavy atom. The second-order valence-corrected chi connectivity index (χ2v) is 6.87. The molecule has 2 heterocycles. The van der Waals surface area contributed by atoms with E-state index in [-0.39, 0.29) is 0 Å². The lowest BCUT2D eigenvalue weighted by atomic mass is 10.0. The standard InChI is InChI=1S/C24H20N2O4/c1-27-20-12-16(13-21(28-2)23(20)29-3)17-5-4-6-18-22(17)30-24(26-18)15-8-7-14-9-10-25-19(14)11-15/h4-13,25H,1-3H3. The zero-order chi connectivity index (χ0) is 20.7. The Bertz CT molecular complexity index is 1340. The lowest BCUT2D eigenvalue weighted by Crippen LogP contribution is -1.95. The summed E-state index contributed by atoms with van der Waals surface area (Å²) in [4.78, 5) is 7.94. The second-order valence-electron chi connectivity index (χ2n) is 6.87. The van der Waals surface area contributed by atoms with Crippen LogP contribution in [0.2, 0.25) is 0 Å². The van der Waals surface area contributed by atoms with Gasteiger partial charge in [-0.2, -0.15) is 0 Å². The van der Waals surface area contributed by atoms with E-state index < -0.39 is 0 Å². The molecular weight excluding hydrogens is 380 g/mol. The Kier molecular flexibility index (Phi) is 4.32. The van der Waals surface area contributed by atoms with E-state index in [0.29, 0.717) is 28.7 Å². The molecule has 0 atom stereocenters. The maximum atomic E-state index is 6.23. The van der Waals surface area contributed by atoms with Crippen molar-refractivity contribution in [2.75, 3.05) is 21.3 Å². The smallest absolute Gasteiger partial charge is 0.227 e. The number of benzene rings is 3. The third-order valence-corrected chi connectivity index (χ3v) is 5.19. The molecule has 1 N–H and O–H groups in total. The molecule has 0 amide bonds. The Labute approximate surface area is 173 Å². The number of nitrogens with one attached hydrogen (secondary N) is 1. The molecule has 2 aromatic heterocycles. The normalized spacial score (nSPS) is 11.2.